The van der Waals surface area contributed by atoms with Crippen molar-refractivity contribution in [2.45, 2.75) is 19.4 Å². The third-order valence-corrected chi connectivity index (χ3v) is 3.82. The Bertz CT molecular complexity index is 684. The number of carbonyl (C=O) groups excluding carboxylic acids is 1. The van der Waals surface area contributed by atoms with Gasteiger partial charge in [0.2, 0.25) is 11.8 Å². The van der Waals surface area contributed by atoms with Gasteiger partial charge >= 0.3 is 0 Å². The van der Waals surface area contributed by atoms with E-state index in [1.54, 1.807) is 4.68 Å². The number of anilines is 3. The van der Waals surface area contributed by atoms with Crippen LogP contribution in [0.4, 0.5) is 17.3 Å². The highest BCUT2D eigenvalue weighted by molar-refractivity contribution is 6.02. The van der Waals surface area contributed by atoms with Crippen LogP contribution >= 0.6 is 0 Å². The lowest BCUT2D eigenvalue weighted by Crippen LogP contribution is -2.18. The largest absolute Gasteiger partial charge is 0.384 e. The van der Waals surface area contributed by atoms with Crippen molar-refractivity contribution in [2.24, 2.45) is 0 Å². The van der Waals surface area contributed by atoms with Gasteiger partial charge in [-0.15, -0.1) is 5.10 Å². The lowest BCUT2D eigenvalue weighted by molar-refractivity contribution is 0.101. The number of aryl methyl sites for hydroxylation is 1. The van der Waals surface area contributed by atoms with Gasteiger partial charge in [-0.2, -0.15) is 4.98 Å². The first kappa shape index (κ1) is 12.2. The maximum absolute atomic E-state index is 12.3. The van der Waals surface area contributed by atoms with Crippen LogP contribution in [-0.2, 0) is 13.0 Å². The summed E-state index contributed by atoms with van der Waals surface area (Å²) in [6, 6.07) is 5.87. The van der Waals surface area contributed by atoms with Crippen molar-refractivity contribution in [3.05, 3.63) is 29.6 Å². The number of benzene rings is 1. The Morgan fingerprint density at radius 1 is 1.29 bits per heavy atom. The Labute approximate surface area is 121 Å². The summed E-state index contributed by atoms with van der Waals surface area (Å²) >= 11 is 0. The number of nitrogens with one attached hydrogen (secondary N) is 3. The van der Waals surface area contributed by atoms with Gasteiger partial charge < -0.3 is 16.0 Å². The number of hydrogen-bond donors (Lipinski definition) is 3. The minimum Gasteiger partial charge on any atom is -0.384 e. The van der Waals surface area contributed by atoms with E-state index < -0.39 is 0 Å². The molecule has 0 bridgehead atoms. The number of hydrogen-bond acceptors (Lipinski definition) is 5. The summed E-state index contributed by atoms with van der Waals surface area (Å²) in [5.74, 6) is 0.619. The fraction of sp³-hybridized carbons (Fsp3) is 0.357. The molecule has 1 aromatic heterocycles. The Morgan fingerprint density at radius 2 is 2.24 bits per heavy atom. The average molecular weight is 284 g/mol. The fourth-order valence-electron chi connectivity index (χ4n) is 2.79. The van der Waals surface area contributed by atoms with Crippen LogP contribution in [0.5, 0.6) is 0 Å². The van der Waals surface area contributed by atoms with Crippen LogP contribution in [-0.4, -0.2) is 33.8 Å². The van der Waals surface area contributed by atoms with E-state index in [1.807, 2.05) is 18.2 Å². The van der Waals surface area contributed by atoms with Crippen LogP contribution in [0, 0.1) is 0 Å². The molecule has 0 unspecified atom stereocenters. The molecule has 0 saturated heterocycles. The summed E-state index contributed by atoms with van der Waals surface area (Å²) in [5.41, 5.74) is 3.07. The first-order valence-electron chi connectivity index (χ1n) is 7.17. The van der Waals surface area contributed by atoms with Gasteiger partial charge in [-0.1, -0.05) is 6.07 Å². The van der Waals surface area contributed by atoms with E-state index in [0.29, 0.717) is 5.95 Å². The zero-order valence-electron chi connectivity index (χ0n) is 11.5. The molecule has 3 N–H and O–H groups in total. The highest BCUT2D eigenvalue weighted by Gasteiger charge is 2.20. The second-order valence-corrected chi connectivity index (χ2v) is 5.23. The van der Waals surface area contributed by atoms with Gasteiger partial charge in [-0.05, 0) is 25.0 Å². The monoisotopic (exact) mass is 284 g/mol. The van der Waals surface area contributed by atoms with Crippen molar-refractivity contribution in [2.75, 3.05) is 29.0 Å². The fourth-order valence-corrected chi connectivity index (χ4v) is 2.79. The normalized spacial score (nSPS) is 15.6. The van der Waals surface area contributed by atoms with E-state index >= 15 is 0 Å². The van der Waals surface area contributed by atoms with Gasteiger partial charge in [0.15, 0.2) is 0 Å². The summed E-state index contributed by atoms with van der Waals surface area (Å²) in [4.78, 5) is 16.6. The Hall–Kier alpha value is -2.57. The maximum Gasteiger partial charge on any atom is 0.295 e. The molecule has 3 heterocycles. The lowest BCUT2D eigenvalue weighted by Gasteiger charge is -2.12. The van der Waals surface area contributed by atoms with E-state index in [-0.39, 0.29) is 11.7 Å². The zero-order chi connectivity index (χ0) is 14.2. The molecule has 0 aliphatic carbocycles. The van der Waals surface area contributed by atoms with Crippen molar-refractivity contribution in [3.63, 3.8) is 0 Å². The van der Waals surface area contributed by atoms with Gasteiger partial charge in [-0.25, -0.2) is 4.68 Å². The minimum atomic E-state index is -0.265. The Balaban J connectivity index is 1.59. The molecule has 0 radical (unpaired) electrons. The smallest absolute Gasteiger partial charge is 0.295 e. The summed E-state index contributed by atoms with van der Waals surface area (Å²) in [6.45, 7) is 2.58. The molecule has 21 heavy (non-hydrogen) atoms. The number of aromatic nitrogens is 3. The van der Waals surface area contributed by atoms with Crippen molar-refractivity contribution in [3.8, 4) is 0 Å². The van der Waals surface area contributed by atoms with Crippen LogP contribution in [0.3, 0.4) is 0 Å². The van der Waals surface area contributed by atoms with Gasteiger partial charge in [0.05, 0.1) is 0 Å². The van der Waals surface area contributed by atoms with E-state index in [2.05, 4.69) is 26.0 Å². The number of rotatable bonds is 2. The lowest BCUT2D eigenvalue weighted by atomic mass is 10.1. The van der Waals surface area contributed by atoms with Crippen LogP contribution in [0.2, 0.25) is 0 Å². The predicted octanol–water partition coefficient (Wildman–Crippen LogP) is 1.31. The topological polar surface area (TPSA) is 83.9 Å². The molecule has 0 fully saturated rings. The second-order valence-electron chi connectivity index (χ2n) is 5.23. The molecule has 2 aliphatic heterocycles. The number of amides is 1. The summed E-state index contributed by atoms with van der Waals surface area (Å²) in [5, 5.41) is 13.6. The number of nitrogens with zero attached hydrogens (tertiary/aromatic N) is 3. The molecule has 2 aromatic rings. The van der Waals surface area contributed by atoms with Crippen molar-refractivity contribution in [1.29, 1.82) is 0 Å². The van der Waals surface area contributed by atoms with Crippen LogP contribution in [0.1, 0.15) is 22.6 Å². The molecule has 4 rings (SSSR count). The van der Waals surface area contributed by atoms with E-state index in [4.69, 9.17) is 0 Å². The zero-order valence-corrected chi connectivity index (χ0v) is 11.5. The molecule has 108 valence electrons. The molecule has 0 saturated carbocycles. The van der Waals surface area contributed by atoms with Gasteiger partial charge in [0.1, 0.15) is 0 Å². The number of carbonyl (C=O) groups is 1. The predicted molar refractivity (Wildman–Crippen MR) is 79.7 cm³/mol. The summed E-state index contributed by atoms with van der Waals surface area (Å²) in [6.07, 6.45) is 1.91. The van der Waals surface area contributed by atoms with Crippen LogP contribution in [0.25, 0.3) is 0 Å². The van der Waals surface area contributed by atoms with Crippen LogP contribution < -0.4 is 16.0 Å². The van der Waals surface area contributed by atoms with E-state index in [1.165, 1.54) is 0 Å². The molecule has 0 atom stereocenters. The standard InChI is InChI=1S/C14H16N6O/c21-13(12-18-14-16-6-2-8-20(14)19-12)17-11-4-1-3-10-9(11)5-7-15-10/h1,3-4,15H,2,5-8H2,(H,17,21)(H,16,18,19). The molecule has 7 heteroatoms. The summed E-state index contributed by atoms with van der Waals surface area (Å²) < 4.78 is 1.75. The van der Waals surface area contributed by atoms with Gasteiger partial charge in [-0.3, -0.25) is 4.79 Å². The minimum absolute atomic E-state index is 0.211. The molecule has 2 aliphatic rings. The first-order chi connectivity index (χ1) is 10.3. The Kier molecular flexibility index (Phi) is 2.77. The van der Waals surface area contributed by atoms with Crippen molar-refractivity contribution < 1.29 is 4.79 Å². The highest BCUT2D eigenvalue weighted by atomic mass is 16.2. The highest BCUT2D eigenvalue weighted by Crippen LogP contribution is 2.29. The average Bonchev–Trinajstić information content (AvgIpc) is 3.14. The van der Waals surface area contributed by atoms with E-state index in [9.17, 15) is 4.79 Å². The first-order valence-corrected chi connectivity index (χ1v) is 7.17. The molecular formula is C14H16N6O. The molecule has 7 nitrogen and oxygen atoms in total. The maximum atomic E-state index is 12.3. The molecule has 1 aromatic carbocycles. The van der Waals surface area contributed by atoms with Gasteiger partial charge in [0, 0.05) is 36.6 Å². The number of fused-ring (bicyclic) bond motifs is 2. The van der Waals surface area contributed by atoms with Gasteiger partial charge in [0.25, 0.3) is 5.91 Å². The molecular weight excluding hydrogens is 268 g/mol. The molecule has 0 spiro atoms. The third-order valence-electron chi connectivity index (χ3n) is 3.82. The van der Waals surface area contributed by atoms with Crippen molar-refractivity contribution in [1.82, 2.24) is 14.8 Å². The summed E-state index contributed by atoms with van der Waals surface area (Å²) in [7, 11) is 0. The SMILES string of the molecule is O=C(Nc1cccc2c1CCN2)c1nc2n(n1)CCCN2. The Morgan fingerprint density at radius 3 is 3.14 bits per heavy atom. The van der Waals surface area contributed by atoms with Crippen LogP contribution in [0.15, 0.2) is 18.2 Å². The third kappa shape index (κ3) is 2.10. The van der Waals surface area contributed by atoms with Crippen molar-refractivity contribution >= 4 is 23.2 Å². The van der Waals surface area contributed by atoms with E-state index in [0.717, 1.165) is 49.4 Å². The molecule has 1 amide bonds. The second kappa shape index (κ2) is 4.76. The quantitative estimate of drug-likeness (QED) is 0.774.